The molecule has 2 rings (SSSR count). The summed E-state index contributed by atoms with van der Waals surface area (Å²) in [5, 5.41) is 3.35. The average Bonchev–Trinajstić information content (AvgIpc) is 2.65. The van der Waals surface area contributed by atoms with Crippen LogP contribution in [0, 0.1) is 0 Å². The predicted octanol–water partition coefficient (Wildman–Crippen LogP) is 1.43. The molecule has 1 aliphatic heterocycles. The second-order valence-corrected chi connectivity index (χ2v) is 6.48. The summed E-state index contributed by atoms with van der Waals surface area (Å²) in [6.45, 7) is 6.89. The number of nitrogens with zero attached hydrogens (tertiary/aromatic N) is 3. The van der Waals surface area contributed by atoms with Gasteiger partial charge in [0.15, 0.2) is 5.96 Å². The third-order valence-corrected chi connectivity index (χ3v) is 4.38. The van der Waals surface area contributed by atoms with E-state index in [1.165, 1.54) is 0 Å². The summed E-state index contributed by atoms with van der Waals surface area (Å²) in [6, 6.07) is 5.87. The van der Waals surface area contributed by atoms with Crippen molar-refractivity contribution in [2.75, 3.05) is 61.1 Å². The Morgan fingerprint density at radius 3 is 2.85 bits per heavy atom. The van der Waals surface area contributed by atoms with Gasteiger partial charge in [-0.3, -0.25) is 4.99 Å². The molecule has 7 heteroatoms. The van der Waals surface area contributed by atoms with Crippen molar-refractivity contribution in [3.63, 3.8) is 0 Å². The second-order valence-electron chi connectivity index (χ2n) is 6.48. The van der Waals surface area contributed by atoms with E-state index in [2.05, 4.69) is 29.1 Å². The molecular weight excluding hydrogens is 332 g/mol. The Labute approximate surface area is 156 Å². The topological polar surface area (TPSA) is 58.6 Å². The largest absolute Gasteiger partial charge is 0.497 e. The van der Waals surface area contributed by atoms with Gasteiger partial charge in [-0.15, -0.1) is 0 Å². The van der Waals surface area contributed by atoms with Gasteiger partial charge in [0, 0.05) is 44.9 Å². The molecule has 0 bridgehead atoms. The van der Waals surface area contributed by atoms with Crippen LogP contribution in [-0.4, -0.2) is 83.0 Å². The number of hydrogen-bond acceptors (Lipinski definition) is 5. The van der Waals surface area contributed by atoms with Crippen LogP contribution < -0.4 is 14.8 Å². The minimum absolute atomic E-state index is 0.145. The summed E-state index contributed by atoms with van der Waals surface area (Å²) in [4.78, 5) is 9.15. The average molecular weight is 364 g/mol. The zero-order chi connectivity index (χ0) is 18.9. The molecule has 1 N–H and O–H groups in total. The summed E-state index contributed by atoms with van der Waals surface area (Å²) in [7, 11) is 7.47. The molecule has 1 fully saturated rings. The maximum Gasteiger partial charge on any atom is 0.194 e. The van der Waals surface area contributed by atoms with E-state index in [-0.39, 0.29) is 6.10 Å². The standard InChI is InChI=1S/C19H32N4O3/c1-6-20-19(21-12-17-14-22(2)9-10-26-17)23(3)13-15-7-8-16(24-4)11-18(15)25-5/h7-8,11,17H,6,9-10,12-14H2,1-5H3,(H,20,21). The van der Waals surface area contributed by atoms with Crippen molar-refractivity contribution in [1.82, 2.24) is 15.1 Å². The first kappa shape index (κ1) is 20.3. The number of aliphatic imine (C=N–C) groups is 1. The maximum absolute atomic E-state index is 5.81. The van der Waals surface area contributed by atoms with Crippen LogP contribution in [0.3, 0.4) is 0 Å². The first-order valence-electron chi connectivity index (χ1n) is 9.07. The van der Waals surface area contributed by atoms with E-state index >= 15 is 0 Å². The fourth-order valence-electron chi connectivity index (χ4n) is 2.95. The third kappa shape index (κ3) is 5.78. The van der Waals surface area contributed by atoms with E-state index in [0.717, 1.165) is 49.3 Å². The quantitative estimate of drug-likeness (QED) is 0.584. The Bertz CT molecular complexity index is 594. The molecule has 0 spiro atoms. The predicted molar refractivity (Wildman–Crippen MR) is 104 cm³/mol. The monoisotopic (exact) mass is 364 g/mol. The van der Waals surface area contributed by atoms with Gasteiger partial charge < -0.3 is 29.3 Å². The van der Waals surface area contributed by atoms with Crippen molar-refractivity contribution >= 4 is 5.96 Å². The van der Waals surface area contributed by atoms with Gasteiger partial charge in [-0.05, 0) is 26.1 Å². The van der Waals surface area contributed by atoms with E-state index in [1.54, 1.807) is 14.2 Å². The summed E-state index contributed by atoms with van der Waals surface area (Å²) in [6.07, 6.45) is 0.145. The van der Waals surface area contributed by atoms with Crippen LogP contribution in [-0.2, 0) is 11.3 Å². The lowest BCUT2D eigenvalue weighted by Crippen LogP contribution is -2.43. The summed E-state index contributed by atoms with van der Waals surface area (Å²) in [5.41, 5.74) is 1.08. The third-order valence-electron chi connectivity index (χ3n) is 4.38. The number of guanidine groups is 1. The molecule has 1 atom stereocenters. The van der Waals surface area contributed by atoms with E-state index in [4.69, 9.17) is 19.2 Å². The molecule has 1 heterocycles. The zero-order valence-electron chi connectivity index (χ0n) is 16.6. The van der Waals surface area contributed by atoms with Crippen LogP contribution in [0.2, 0.25) is 0 Å². The van der Waals surface area contributed by atoms with Crippen molar-refractivity contribution in [3.8, 4) is 11.5 Å². The number of nitrogens with one attached hydrogen (secondary N) is 1. The molecule has 0 aromatic heterocycles. The fraction of sp³-hybridized carbons (Fsp3) is 0.632. The van der Waals surface area contributed by atoms with E-state index in [1.807, 2.05) is 25.2 Å². The Morgan fingerprint density at radius 1 is 1.38 bits per heavy atom. The highest BCUT2D eigenvalue weighted by Crippen LogP contribution is 2.25. The van der Waals surface area contributed by atoms with Crippen LogP contribution in [0.1, 0.15) is 12.5 Å². The molecule has 1 aliphatic rings. The molecule has 26 heavy (non-hydrogen) atoms. The van der Waals surface area contributed by atoms with Crippen molar-refractivity contribution in [2.45, 2.75) is 19.6 Å². The lowest BCUT2D eigenvalue weighted by Gasteiger charge is -2.30. The number of ether oxygens (including phenoxy) is 3. The molecule has 1 aromatic carbocycles. The molecule has 0 saturated carbocycles. The highest BCUT2D eigenvalue weighted by molar-refractivity contribution is 5.79. The van der Waals surface area contributed by atoms with Gasteiger partial charge in [-0.2, -0.15) is 0 Å². The highest BCUT2D eigenvalue weighted by Gasteiger charge is 2.18. The summed E-state index contributed by atoms with van der Waals surface area (Å²) < 4.78 is 16.6. The highest BCUT2D eigenvalue weighted by atomic mass is 16.5. The molecule has 0 amide bonds. The van der Waals surface area contributed by atoms with E-state index in [0.29, 0.717) is 13.1 Å². The fourth-order valence-corrected chi connectivity index (χ4v) is 2.95. The van der Waals surface area contributed by atoms with Gasteiger partial charge in [0.25, 0.3) is 0 Å². The van der Waals surface area contributed by atoms with Crippen LogP contribution in [0.15, 0.2) is 23.2 Å². The number of rotatable bonds is 7. The van der Waals surface area contributed by atoms with Crippen LogP contribution in [0.4, 0.5) is 0 Å². The van der Waals surface area contributed by atoms with Crippen molar-refractivity contribution in [3.05, 3.63) is 23.8 Å². The molecule has 146 valence electrons. The van der Waals surface area contributed by atoms with Crippen LogP contribution >= 0.6 is 0 Å². The number of likely N-dealkylation sites (N-methyl/N-ethyl adjacent to an activating group) is 1. The van der Waals surface area contributed by atoms with E-state index < -0.39 is 0 Å². The van der Waals surface area contributed by atoms with E-state index in [9.17, 15) is 0 Å². The number of methoxy groups -OCH3 is 2. The van der Waals surface area contributed by atoms with Gasteiger partial charge in [-0.25, -0.2) is 0 Å². The Hall–Kier alpha value is -1.99. The normalized spacial score (nSPS) is 18.5. The Balaban J connectivity index is 2.05. The minimum atomic E-state index is 0.145. The van der Waals surface area contributed by atoms with Crippen LogP contribution in [0.5, 0.6) is 11.5 Å². The first-order valence-corrected chi connectivity index (χ1v) is 9.07. The Morgan fingerprint density at radius 2 is 2.19 bits per heavy atom. The second kappa shape index (κ2) is 10.2. The van der Waals surface area contributed by atoms with Gasteiger partial charge in [-0.1, -0.05) is 0 Å². The smallest absolute Gasteiger partial charge is 0.194 e. The molecule has 0 aliphatic carbocycles. The number of morpholine rings is 1. The van der Waals surface area contributed by atoms with Crippen molar-refractivity contribution < 1.29 is 14.2 Å². The molecule has 0 radical (unpaired) electrons. The Kier molecular flexibility index (Phi) is 8.00. The summed E-state index contributed by atoms with van der Waals surface area (Å²) >= 11 is 0. The molecule has 7 nitrogen and oxygen atoms in total. The lowest BCUT2D eigenvalue weighted by molar-refractivity contribution is -0.0137. The van der Waals surface area contributed by atoms with Crippen molar-refractivity contribution in [1.29, 1.82) is 0 Å². The van der Waals surface area contributed by atoms with Gasteiger partial charge in [0.1, 0.15) is 11.5 Å². The lowest BCUT2D eigenvalue weighted by atomic mass is 10.2. The molecule has 1 saturated heterocycles. The van der Waals surface area contributed by atoms with Crippen molar-refractivity contribution in [2.24, 2.45) is 4.99 Å². The van der Waals surface area contributed by atoms with Gasteiger partial charge in [0.05, 0.1) is 33.5 Å². The molecular formula is C19H32N4O3. The maximum atomic E-state index is 5.81. The van der Waals surface area contributed by atoms with Gasteiger partial charge in [0.2, 0.25) is 0 Å². The van der Waals surface area contributed by atoms with Crippen LogP contribution in [0.25, 0.3) is 0 Å². The first-order chi connectivity index (χ1) is 12.6. The molecule has 1 aromatic rings. The number of benzene rings is 1. The molecule has 1 unspecified atom stereocenters. The minimum Gasteiger partial charge on any atom is -0.497 e. The summed E-state index contributed by atoms with van der Waals surface area (Å²) in [5.74, 6) is 2.46. The SMILES string of the molecule is CCNC(=NCC1CN(C)CCO1)N(C)Cc1ccc(OC)cc1OC. The number of hydrogen-bond donors (Lipinski definition) is 1. The zero-order valence-corrected chi connectivity index (χ0v) is 16.6. The van der Waals surface area contributed by atoms with Gasteiger partial charge >= 0.3 is 0 Å².